The highest BCUT2D eigenvalue weighted by Crippen LogP contribution is 2.28. The van der Waals surface area contributed by atoms with Crippen LogP contribution in [-0.4, -0.2) is 4.99 Å². The van der Waals surface area contributed by atoms with Crippen molar-refractivity contribution in [2.24, 2.45) is 5.73 Å². The molecule has 0 unspecified atom stereocenters. The minimum atomic E-state index is 0.309. The quantitative estimate of drug-likeness (QED) is 0.794. The zero-order valence-electron chi connectivity index (χ0n) is 11.5. The van der Waals surface area contributed by atoms with Crippen LogP contribution >= 0.6 is 23.8 Å². The van der Waals surface area contributed by atoms with Crippen molar-refractivity contribution in [3.8, 4) is 0 Å². The molecule has 2 aromatic rings. The first kappa shape index (κ1) is 14.8. The molecule has 0 radical (unpaired) electrons. The number of hydrogen-bond acceptors (Lipinski definition) is 2. The molecule has 4 heteroatoms. The van der Waals surface area contributed by atoms with Crippen LogP contribution in [0.3, 0.4) is 0 Å². The number of anilines is 2. The van der Waals surface area contributed by atoms with Gasteiger partial charge in [-0.25, -0.2) is 0 Å². The summed E-state index contributed by atoms with van der Waals surface area (Å²) < 4.78 is 0. The molecule has 104 valence electrons. The number of para-hydroxylation sites is 1. The standard InChI is InChI=1S/C16H17ClN2S/c1-10(2)12-5-3-4-6-15(12)19-11-7-8-13(16(18)20)14(17)9-11/h3-10,19H,1-2H3,(H2,18,20). The first-order valence-corrected chi connectivity index (χ1v) is 7.23. The average Bonchev–Trinajstić information content (AvgIpc) is 2.38. The third kappa shape index (κ3) is 3.30. The third-order valence-corrected chi connectivity index (χ3v) is 3.63. The van der Waals surface area contributed by atoms with Crippen LogP contribution in [0.1, 0.15) is 30.9 Å². The molecule has 2 aromatic carbocycles. The van der Waals surface area contributed by atoms with E-state index < -0.39 is 0 Å². The number of rotatable bonds is 4. The summed E-state index contributed by atoms with van der Waals surface area (Å²) in [6.07, 6.45) is 0. The second-order valence-electron chi connectivity index (χ2n) is 4.93. The number of halogens is 1. The van der Waals surface area contributed by atoms with Gasteiger partial charge in [0.15, 0.2) is 0 Å². The molecule has 0 atom stereocenters. The smallest absolute Gasteiger partial charge is 0.105 e. The zero-order valence-corrected chi connectivity index (χ0v) is 13.1. The van der Waals surface area contributed by atoms with Crippen LogP contribution in [-0.2, 0) is 0 Å². The van der Waals surface area contributed by atoms with Gasteiger partial charge < -0.3 is 11.1 Å². The van der Waals surface area contributed by atoms with Crippen molar-refractivity contribution in [1.82, 2.24) is 0 Å². The lowest BCUT2D eigenvalue weighted by Gasteiger charge is -2.15. The second kappa shape index (κ2) is 6.25. The topological polar surface area (TPSA) is 38.0 Å². The van der Waals surface area contributed by atoms with Gasteiger partial charge in [0.25, 0.3) is 0 Å². The summed E-state index contributed by atoms with van der Waals surface area (Å²) in [5, 5.41) is 3.95. The van der Waals surface area contributed by atoms with Gasteiger partial charge in [0, 0.05) is 16.9 Å². The van der Waals surface area contributed by atoms with Crippen molar-refractivity contribution in [3.05, 3.63) is 58.6 Å². The molecular weight excluding hydrogens is 288 g/mol. The van der Waals surface area contributed by atoms with E-state index in [1.807, 2.05) is 30.3 Å². The van der Waals surface area contributed by atoms with Gasteiger partial charge in [-0.2, -0.15) is 0 Å². The maximum Gasteiger partial charge on any atom is 0.105 e. The summed E-state index contributed by atoms with van der Waals surface area (Å²) in [6.45, 7) is 4.34. The Hall–Kier alpha value is -1.58. The van der Waals surface area contributed by atoms with E-state index in [-0.39, 0.29) is 0 Å². The second-order valence-corrected chi connectivity index (χ2v) is 5.77. The van der Waals surface area contributed by atoms with Crippen LogP contribution < -0.4 is 11.1 Å². The number of hydrogen-bond donors (Lipinski definition) is 2. The van der Waals surface area contributed by atoms with E-state index in [2.05, 4.69) is 31.3 Å². The van der Waals surface area contributed by atoms with Gasteiger partial charge in [-0.3, -0.25) is 0 Å². The summed E-state index contributed by atoms with van der Waals surface area (Å²) in [4.78, 5) is 0.309. The Morgan fingerprint density at radius 2 is 1.90 bits per heavy atom. The molecule has 0 fully saturated rings. The van der Waals surface area contributed by atoms with E-state index in [0.29, 0.717) is 21.5 Å². The van der Waals surface area contributed by atoms with Gasteiger partial charge in [-0.15, -0.1) is 0 Å². The molecule has 0 aliphatic carbocycles. The molecule has 2 nitrogen and oxygen atoms in total. The lowest BCUT2D eigenvalue weighted by Crippen LogP contribution is -2.10. The van der Waals surface area contributed by atoms with E-state index >= 15 is 0 Å². The van der Waals surface area contributed by atoms with Crippen LogP contribution in [0, 0.1) is 0 Å². The summed E-state index contributed by atoms with van der Waals surface area (Å²) in [5.74, 6) is 0.449. The van der Waals surface area contributed by atoms with E-state index in [4.69, 9.17) is 29.6 Å². The fraction of sp³-hybridized carbons (Fsp3) is 0.188. The van der Waals surface area contributed by atoms with Gasteiger partial charge >= 0.3 is 0 Å². The molecule has 3 N–H and O–H groups in total. The van der Waals surface area contributed by atoms with Crippen LogP contribution in [0.5, 0.6) is 0 Å². The van der Waals surface area contributed by atoms with E-state index in [9.17, 15) is 0 Å². The van der Waals surface area contributed by atoms with E-state index in [0.717, 1.165) is 11.4 Å². The molecule has 0 aliphatic rings. The van der Waals surface area contributed by atoms with Crippen LogP contribution in [0.25, 0.3) is 0 Å². The minimum Gasteiger partial charge on any atom is -0.389 e. The van der Waals surface area contributed by atoms with Crippen molar-refractivity contribution in [2.75, 3.05) is 5.32 Å². The first-order chi connectivity index (χ1) is 9.49. The molecule has 0 heterocycles. The van der Waals surface area contributed by atoms with Crippen molar-refractivity contribution in [2.45, 2.75) is 19.8 Å². The van der Waals surface area contributed by atoms with Gasteiger partial charge in [0.2, 0.25) is 0 Å². The van der Waals surface area contributed by atoms with Crippen molar-refractivity contribution in [3.63, 3.8) is 0 Å². The van der Waals surface area contributed by atoms with Gasteiger partial charge in [0.1, 0.15) is 4.99 Å². The molecule has 0 aromatic heterocycles. The third-order valence-electron chi connectivity index (χ3n) is 3.10. The SMILES string of the molecule is CC(C)c1ccccc1Nc1ccc(C(N)=S)c(Cl)c1. The highest BCUT2D eigenvalue weighted by atomic mass is 35.5. The zero-order chi connectivity index (χ0) is 14.7. The summed E-state index contributed by atoms with van der Waals surface area (Å²) in [7, 11) is 0. The van der Waals surface area contributed by atoms with Crippen molar-refractivity contribution < 1.29 is 0 Å². The number of nitrogens with one attached hydrogen (secondary N) is 1. The average molecular weight is 305 g/mol. The fourth-order valence-electron chi connectivity index (χ4n) is 2.06. The Balaban J connectivity index is 2.31. The maximum absolute atomic E-state index is 6.19. The molecule has 2 rings (SSSR count). The highest BCUT2D eigenvalue weighted by molar-refractivity contribution is 7.80. The van der Waals surface area contributed by atoms with Gasteiger partial charge in [-0.1, -0.05) is 55.9 Å². The van der Waals surface area contributed by atoms with Crippen LogP contribution in [0.2, 0.25) is 5.02 Å². The molecule has 20 heavy (non-hydrogen) atoms. The predicted molar refractivity (Wildman–Crippen MR) is 91.2 cm³/mol. The Kier molecular flexibility index (Phi) is 4.63. The van der Waals surface area contributed by atoms with Crippen molar-refractivity contribution in [1.29, 1.82) is 0 Å². The lowest BCUT2D eigenvalue weighted by molar-refractivity contribution is 0.869. The summed E-state index contributed by atoms with van der Waals surface area (Å²) in [6, 6.07) is 13.8. The van der Waals surface area contributed by atoms with Gasteiger partial charge in [-0.05, 0) is 35.7 Å². The molecule has 0 aliphatic heterocycles. The molecule has 0 spiro atoms. The highest BCUT2D eigenvalue weighted by Gasteiger charge is 2.08. The lowest BCUT2D eigenvalue weighted by atomic mass is 10.0. The van der Waals surface area contributed by atoms with Crippen LogP contribution in [0.15, 0.2) is 42.5 Å². The minimum absolute atomic E-state index is 0.309. The van der Waals surface area contributed by atoms with Gasteiger partial charge in [0.05, 0.1) is 5.02 Å². The van der Waals surface area contributed by atoms with Crippen molar-refractivity contribution >= 4 is 40.2 Å². The number of nitrogens with two attached hydrogens (primary N) is 1. The summed E-state index contributed by atoms with van der Waals surface area (Å²) in [5.41, 5.74) is 9.58. The Morgan fingerprint density at radius 1 is 1.20 bits per heavy atom. The monoisotopic (exact) mass is 304 g/mol. The summed E-state index contributed by atoms with van der Waals surface area (Å²) >= 11 is 11.1. The molecule has 0 saturated heterocycles. The predicted octanol–water partition coefficient (Wildman–Crippen LogP) is 4.84. The molecular formula is C16H17ClN2S. The Labute approximate surface area is 130 Å². The number of thiocarbonyl (C=S) groups is 1. The molecule has 0 bridgehead atoms. The Bertz CT molecular complexity index is 638. The maximum atomic E-state index is 6.19. The largest absolute Gasteiger partial charge is 0.389 e. The van der Waals surface area contributed by atoms with Crippen LogP contribution in [0.4, 0.5) is 11.4 Å². The molecule has 0 amide bonds. The number of benzene rings is 2. The Morgan fingerprint density at radius 3 is 2.50 bits per heavy atom. The first-order valence-electron chi connectivity index (χ1n) is 6.44. The van der Waals surface area contributed by atoms with E-state index in [1.165, 1.54) is 5.56 Å². The molecule has 0 saturated carbocycles. The fourth-order valence-corrected chi connectivity index (χ4v) is 2.58. The van der Waals surface area contributed by atoms with E-state index in [1.54, 1.807) is 0 Å². The normalized spacial score (nSPS) is 10.6.